The number of rotatable bonds is 3. The van der Waals surface area contributed by atoms with E-state index in [1.54, 1.807) is 12.5 Å². The average Bonchev–Trinajstić information content (AvgIpc) is 2.71. The zero-order valence-corrected chi connectivity index (χ0v) is 12.0. The van der Waals surface area contributed by atoms with Gasteiger partial charge < -0.3 is 4.57 Å². The Hall–Kier alpha value is -0.940. The van der Waals surface area contributed by atoms with Crippen LogP contribution in [0.2, 0.25) is 5.15 Å². The van der Waals surface area contributed by atoms with Crippen LogP contribution in [0.5, 0.6) is 0 Å². The summed E-state index contributed by atoms with van der Waals surface area (Å²) in [5.74, 6) is 0.613. The van der Waals surface area contributed by atoms with E-state index in [0.717, 1.165) is 28.7 Å². The van der Waals surface area contributed by atoms with Crippen LogP contribution in [0.4, 0.5) is 0 Å². The molecule has 2 aromatic rings. The third-order valence-corrected chi connectivity index (χ3v) is 3.75. The van der Waals surface area contributed by atoms with E-state index in [1.165, 1.54) is 0 Å². The minimum absolute atomic E-state index is 0.444. The molecule has 0 aliphatic carbocycles. The van der Waals surface area contributed by atoms with E-state index in [1.807, 2.05) is 11.6 Å². The second kappa shape index (κ2) is 5.14. The maximum atomic E-state index is 6.10. The van der Waals surface area contributed by atoms with Crippen molar-refractivity contribution >= 4 is 27.5 Å². The van der Waals surface area contributed by atoms with Crippen LogP contribution in [0.15, 0.2) is 17.0 Å². The van der Waals surface area contributed by atoms with Gasteiger partial charge in [0.2, 0.25) is 0 Å². The van der Waals surface area contributed by atoms with Gasteiger partial charge in [-0.05, 0) is 22.4 Å². The molecule has 0 atom stereocenters. The first-order valence-corrected chi connectivity index (χ1v) is 6.49. The van der Waals surface area contributed by atoms with Crippen LogP contribution in [0.3, 0.4) is 0 Å². The summed E-state index contributed by atoms with van der Waals surface area (Å²) in [6.45, 7) is 2.10. The Labute approximate surface area is 113 Å². The minimum atomic E-state index is 0.444. The Morgan fingerprint density at radius 1 is 1.41 bits per heavy atom. The normalized spacial score (nSPS) is 10.8. The van der Waals surface area contributed by atoms with Crippen LogP contribution in [0, 0.1) is 0 Å². The molecule has 2 rings (SSSR count). The molecule has 0 aliphatic rings. The largest absolute Gasteiger partial charge is 0.331 e. The van der Waals surface area contributed by atoms with Crippen molar-refractivity contribution < 1.29 is 0 Å². The minimum Gasteiger partial charge on any atom is -0.331 e. The Morgan fingerprint density at radius 2 is 2.18 bits per heavy atom. The van der Waals surface area contributed by atoms with Gasteiger partial charge >= 0.3 is 0 Å². The fourth-order valence-electron chi connectivity index (χ4n) is 1.55. The van der Waals surface area contributed by atoms with Crippen LogP contribution in [0.1, 0.15) is 19.0 Å². The standard InChI is InChI=1S/C11H12BrClN4/c1-3-4-7-9(12)10(13)16-11(15-7)8-5-14-6-17(8)2/h5-6H,3-4H2,1-2H3. The van der Waals surface area contributed by atoms with Gasteiger partial charge in [-0.3, -0.25) is 0 Å². The van der Waals surface area contributed by atoms with Crippen LogP contribution in [-0.4, -0.2) is 19.5 Å². The number of imidazole rings is 1. The number of halogens is 2. The first-order valence-electron chi connectivity index (χ1n) is 5.32. The molecule has 0 fully saturated rings. The van der Waals surface area contributed by atoms with Crippen molar-refractivity contribution in [2.75, 3.05) is 0 Å². The summed E-state index contributed by atoms with van der Waals surface area (Å²) < 4.78 is 2.65. The quantitative estimate of drug-likeness (QED) is 0.817. The Balaban J connectivity index is 2.53. The molecular formula is C11H12BrClN4. The lowest BCUT2D eigenvalue weighted by Gasteiger charge is -2.07. The molecule has 2 heterocycles. The van der Waals surface area contributed by atoms with Gasteiger partial charge in [0.1, 0.15) is 10.8 Å². The molecule has 0 N–H and O–H groups in total. The van der Waals surface area contributed by atoms with E-state index in [0.29, 0.717) is 11.0 Å². The molecule has 0 radical (unpaired) electrons. The van der Waals surface area contributed by atoms with Crippen molar-refractivity contribution in [1.82, 2.24) is 19.5 Å². The third kappa shape index (κ3) is 2.50. The zero-order valence-electron chi connectivity index (χ0n) is 9.61. The molecule has 4 nitrogen and oxygen atoms in total. The second-order valence-electron chi connectivity index (χ2n) is 3.74. The fourth-order valence-corrected chi connectivity index (χ4v) is 2.12. The average molecular weight is 316 g/mol. The van der Waals surface area contributed by atoms with E-state index < -0.39 is 0 Å². The Kier molecular flexibility index (Phi) is 3.79. The molecular weight excluding hydrogens is 304 g/mol. The van der Waals surface area contributed by atoms with Crippen molar-refractivity contribution in [2.24, 2.45) is 7.05 Å². The smallest absolute Gasteiger partial charge is 0.179 e. The monoisotopic (exact) mass is 314 g/mol. The van der Waals surface area contributed by atoms with Crippen LogP contribution < -0.4 is 0 Å². The van der Waals surface area contributed by atoms with E-state index in [9.17, 15) is 0 Å². The molecule has 0 aliphatic heterocycles. The van der Waals surface area contributed by atoms with Crippen molar-refractivity contribution in [3.8, 4) is 11.5 Å². The maximum absolute atomic E-state index is 6.10. The second-order valence-corrected chi connectivity index (χ2v) is 4.89. The molecule has 6 heteroatoms. The van der Waals surface area contributed by atoms with Crippen molar-refractivity contribution in [3.05, 3.63) is 27.8 Å². The molecule has 0 saturated heterocycles. The molecule has 0 unspecified atom stereocenters. The summed E-state index contributed by atoms with van der Waals surface area (Å²) >= 11 is 9.51. The number of aromatic nitrogens is 4. The number of aryl methyl sites for hydroxylation is 2. The van der Waals surface area contributed by atoms with Gasteiger partial charge in [0.15, 0.2) is 5.82 Å². The lowest BCUT2D eigenvalue weighted by atomic mass is 10.2. The Bertz CT molecular complexity index is 538. The number of hydrogen-bond donors (Lipinski definition) is 0. The topological polar surface area (TPSA) is 43.6 Å². The number of nitrogens with zero attached hydrogens (tertiary/aromatic N) is 4. The number of hydrogen-bond acceptors (Lipinski definition) is 3. The van der Waals surface area contributed by atoms with Gasteiger partial charge in [-0.25, -0.2) is 15.0 Å². The van der Waals surface area contributed by atoms with Gasteiger partial charge in [-0.1, -0.05) is 24.9 Å². The van der Waals surface area contributed by atoms with E-state index in [4.69, 9.17) is 11.6 Å². The lowest BCUT2D eigenvalue weighted by molar-refractivity contribution is 0.856. The molecule has 0 aromatic carbocycles. The van der Waals surface area contributed by atoms with Crippen LogP contribution in [0.25, 0.3) is 11.5 Å². The highest BCUT2D eigenvalue weighted by molar-refractivity contribution is 9.10. The predicted molar refractivity (Wildman–Crippen MR) is 70.9 cm³/mol. The first-order chi connectivity index (χ1) is 8.13. The lowest BCUT2D eigenvalue weighted by Crippen LogP contribution is -2.01. The zero-order chi connectivity index (χ0) is 12.4. The Morgan fingerprint density at radius 3 is 2.76 bits per heavy atom. The summed E-state index contributed by atoms with van der Waals surface area (Å²) in [4.78, 5) is 12.8. The van der Waals surface area contributed by atoms with Gasteiger partial charge in [-0.2, -0.15) is 0 Å². The highest BCUT2D eigenvalue weighted by Crippen LogP contribution is 2.27. The van der Waals surface area contributed by atoms with Gasteiger partial charge in [0.25, 0.3) is 0 Å². The van der Waals surface area contributed by atoms with Gasteiger partial charge in [0.05, 0.1) is 22.7 Å². The molecule has 17 heavy (non-hydrogen) atoms. The molecule has 0 spiro atoms. The summed E-state index contributed by atoms with van der Waals surface area (Å²) in [5.41, 5.74) is 1.79. The maximum Gasteiger partial charge on any atom is 0.179 e. The van der Waals surface area contributed by atoms with Crippen LogP contribution in [-0.2, 0) is 13.5 Å². The summed E-state index contributed by atoms with van der Waals surface area (Å²) in [6.07, 6.45) is 5.33. The van der Waals surface area contributed by atoms with E-state index in [-0.39, 0.29) is 0 Å². The highest BCUT2D eigenvalue weighted by Gasteiger charge is 2.13. The predicted octanol–water partition coefficient (Wildman–Crippen LogP) is 3.25. The molecule has 0 saturated carbocycles. The first kappa shape index (κ1) is 12.5. The summed E-state index contributed by atoms with van der Waals surface area (Å²) in [7, 11) is 1.90. The van der Waals surface area contributed by atoms with Crippen molar-refractivity contribution in [2.45, 2.75) is 19.8 Å². The van der Waals surface area contributed by atoms with Crippen molar-refractivity contribution in [1.29, 1.82) is 0 Å². The third-order valence-electron chi connectivity index (χ3n) is 2.41. The fraction of sp³-hybridized carbons (Fsp3) is 0.364. The summed E-state index contributed by atoms with van der Waals surface area (Å²) in [6, 6.07) is 0. The van der Waals surface area contributed by atoms with Crippen molar-refractivity contribution in [3.63, 3.8) is 0 Å². The molecule has 0 bridgehead atoms. The van der Waals surface area contributed by atoms with Gasteiger partial charge in [0, 0.05) is 7.05 Å². The van der Waals surface area contributed by atoms with E-state index >= 15 is 0 Å². The SMILES string of the molecule is CCCc1nc(-c2cncn2C)nc(Cl)c1Br. The van der Waals surface area contributed by atoms with Gasteiger partial charge in [-0.15, -0.1) is 0 Å². The summed E-state index contributed by atoms with van der Waals surface area (Å²) in [5, 5.41) is 0.444. The molecule has 90 valence electrons. The highest BCUT2D eigenvalue weighted by atomic mass is 79.9. The van der Waals surface area contributed by atoms with E-state index in [2.05, 4.69) is 37.8 Å². The molecule has 2 aromatic heterocycles. The molecule has 0 amide bonds. The van der Waals surface area contributed by atoms with Crippen LogP contribution >= 0.6 is 27.5 Å².